The normalized spacial score (nSPS) is 13.4. The molecule has 0 N–H and O–H groups in total. The summed E-state index contributed by atoms with van der Waals surface area (Å²) in [6, 6.07) is 11.1. The van der Waals surface area contributed by atoms with Gasteiger partial charge in [-0.05, 0) is 63.4 Å². The second-order valence-corrected chi connectivity index (χ2v) is 9.27. The summed E-state index contributed by atoms with van der Waals surface area (Å²) in [6.45, 7) is 5.96. The average molecular weight is 471 g/mol. The van der Waals surface area contributed by atoms with Crippen LogP contribution in [0.4, 0.5) is 5.69 Å². The first-order valence-electron chi connectivity index (χ1n) is 11.6. The first kappa shape index (κ1) is 22.6. The van der Waals surface area contributed by atoms with Crippen molar-refractivity contribution in [1.29, 1.82) is 0 Å². The van der Waals surface area contributed by atoms with Gasteiger partial charge in [0, 0.05) is 28.6 Å². The Morgan fingerprint density at radius 3 is 2.74 bits per heavy atom. The third-order valence-electron chi connectivity index (χ3n) is 6.38. The van der Waals surface area contributed by atoms with Crippen LogP contribution in [0.2, 0.25) is 0 Å². The molecule has 2 aromatic carbocycles. The van der Waals surface area contributed by atoms with Crippen molar-refractivity contribution < 1.29 is 9.59 Å². The molecule has 1 amide bonds. The van der Waals surface area contributed by atoms with Crippen molar-refractivity contribution in [2.45, 2.75) is 39.7 Å². The van der Waals surface area contributed by atoms with Gasteiger partial charge < -0.3 is 9.47 Å². The molecule has 4 aromatic rings. The van der Waals surface area contributed by atoms with Gasteiger partial charge in [-0.3, -0.25) is 14.4 Å². The lowest BCUT2D eigenvalue weighted by molar-refractivity contribution is -0.120. The molecule has 0 saturated heterocycles. The molecule has 0 atom stereocenters. The van der Waals surface area contributed by atoms with Gasteiger partial charge in [0.1, 0.15) is 6.33 Å². The largest absolute Gasteiger partial charge is 0.311 e. The first-order valence-corrected chi connectivity index (χ1v) is 11.6. The Hall–Kier alpha value is -4.14. The van der Waals surface area contributed by atoms with Crippen molar-refractivity contribution in [3.63, 3.8) is 0 Å². The van der Waals surface area contributed by atoms with Gasteiger partial charge in [0.15, 0.2) is 11.6 Å². The molecule has 5 rings (SSSR count). The molecule has 0 unspecified atom stereocenters. The maximum absolute atomic E-state index is 13.5. The second kappa shape index (κ2) is 8.90. The van der Waals surface area contributed by atoms with E-state index in [2.05, 4.69) is 15.3 Å². The Balaban J connectivity index is 1.57. The molecule has 1 saturated carbocycles. The van der Waals surface area contributed by atoms with Crippen LogP contribution in [-0.2, 0) is 9.59 Å². The summed E-state index contributed by atoms with van der Waals surface area (Å²) >= 11 is 0. The van der Waals surface area contributed by atoms with Crippen molar-refractivity contribution in [3.8, 4) is 17.1 Å². The highest BCUT2D eigenvalue weighted by molar-refractivity contribution is 5.95. The molecule has 9 heteroatoms. The third kappa shape index (κ3) is 4.25. The molecule has 1 aliphatic rings. The number of anilines is 1. The third-order valence-corrected chi connectivity index (χ3v) is 6.38. The van der Waals surface area contributed by atoms with Gasteiger partial charge in [-0.25, -0.2) is 0 Å². The fourth-order valence-electron chi connectivity index (χ4n) is 4.28. The number of fused-ring (bicyclic) bond motifs is 1. The van der Waals surface area contributed by atoms with E-state index in [0.29, 0.717) is 34.4 Å². The number of ketones is 1. The van der Waals surface area contributed by atoms with Crippen LogP contribution in [0.1, 0.15) is 38.3 Å². The van der Waals surface area contributed by atoms with E-state index in [1.165, 1.54) is 9.58 Å². The van der Waals surface area contributed by atoms with Gasteiger partial charge in [-0.1, -0.05) is 12.1 Å². The lowest BCUT2D eigenvalue weighted by Crippen LogP contribution is -2.30. The summed E-state index contributed by atoms with van der Waals surface area (Å²) in [5.74, 6) is 0.804. The van der Waals surface area contributed by atoms with E-state index in [9.17, 15) is 14.4 Å². The number of nitrogens with zero attached hydrogens (tertiary/aromatic N) is 6. The minimum atomic E-state index is -0.314. The standard InChI is InChI=1S/C26H26N6O3/c1-16(2)31-14-27-29-25(31)19-5-4-6-21(10-19)32-26(35)22-11-23(17(3)9-20(22)12-28-32)30(15-33)13-24(34)18-7-8-18/h4-6,9-12,14-16,18H,7-8,13H2,1-3H3. The summed E-state index contributed by atoms with van der Waals surface area (Å²) in [6.07, 6.45) is 5.74. The van der Waals surface area contributed by atoms with Gasteiger partial charge >= 0.3 is 0 Å². The highest BCUT2D eigenvalue weighted by Gasteiger charge is 2.31. The van der Waals surface area contributed by atoms with Crippen LogP contribution in [0.3, 0.4) is 0 Å². The van der Waals surface area contributed by atoms with E-state index in [1.54, 1.807) is 24.7 Å². The summed E-state index contributed by atoms with van der Waals surface area (Å²) in [4.78, 5) is 39.1. The van der Waals surface area contributed by atoms with E-state index in [4.69, 9.17) is 0 Å². The minimum Gasteiger partial charge on any atom is -0.311 e. The molecule has 0 aliphatic heterocycles. The van der Waals surface area contributed by atoms with Crippen LogP contribution in [0.25, 0.3) is 27.8 Å². The monoisotopic (exact) mass is 470 g/mol. The lowest BCUT2D eigenvalue weighted by atomic mass is 10.1. The lowest BCUT2D eigenvalue weighted by Gasteiger charge is -2.20. The van der Waals surface area contributed by atoms with Gasteiger partial charge in [0.25, 0.3) is 5.56 Å². The van der Waals surface area contributed by atoms with Crippen LogP contribution in [0, 0.1) is 12.8 Å². The summed E-state index contributed by atoms with van der Waals surface area (Å²) in [5.41, 5.74) is 2.44. The molecule has 0 bridgehead atoms. The molecule has 9 nitrogen and oxygen atoms in total. The predicted molar refractivity (Wildman–Crippen MR) is 133 cm³/mol. The van der Waals surface area contributed by atoms with Crippen molar-refractivity contribution in [1.82, 2.24) is 24.5 Å². The van der Waals surface area contributed by atoms with Crippen molar-refractivity contribution >= 4 is 28.7 Å². The van der Waals surface area contributed by atoms with E-state index in [1.807, 2.05) is 49.6 Å². The molecule has 178 valence electrons. The maximum Gasteiger partial charge on any atom is 0.279 e. The fraction of sp³-hybridized carbons (Fsp3) is 0.308. The number of Topliss-reactive ketones (excluding diaryl/α,β-unsaturated/α-hetero) is 1. The Labute approximate surface area is 202 Å². The van der Waals surface area contributed by atoms with Crippen LogP contribution >= 0.6 is 0 Å². The number of amides is 1. The van der Waals surface area contributed by atoms with Crippen LogP contribution in [0.15, 0.2) is 53.7 Å². The van der Waals surface area contributed by atoms with E-state index in [-0.39, 0.29) is 29.8 Å². The van der Waals surface area contributed by atoms with Gasteiger partial charge in [0.2, 0.25) is 6.41 Å². The quantitative estimate of drug-likeness (QED) is 0.365. The molecule has 1 fully saturated rings. The molecule has 35 heavy (non-hydrogen) atoms. The van der Waals surface area contributed by atoms with Crippen LogP contribution in [-0.4, -0.2) is 43.3 Å². The summed E-state index contributed by atoms with van der Waals surface area (Å²) < 4.78 is 3.29. The van der Waals surface area contributed by atoms with Crippen LogP contribution in [0.5, 0.6) is 0 Å². The van der Waals surface area contributed by atoms with E-state index < -0.39 is 0 Å². The zero-order valence-electron chi connectivity index (χ0n) is 19.9. The molecule has 1 aliphatic carbocycles. The number of hydrogen-bond donors (Lipinski definition) is 0. The van der Waals surface area contributed by atoms with Gasteiger partial charge in [-0.2, -0.15) is 9.78 Å². The van der Waals surface area contributed by atoms with E-state index in [0.717, 1.165) is 24.0 Å². The molecule has 0 spiro atoms. The Bertz CT molecular complexity index is 1500. The Morgan fingerprint density at radius 1 is 1.23 bits per heavy atom. The number of carbonyl (C=O) groups is 2. The Morgan fingerprint density at radius 2 is 2.03 bits per heavy atom. The molecule has 0 radical (unpaired) electrons. The maximum atomic E-state index is 13.5. The summed E-state index contributed by atoms with van der Waals surface area (Å²) in [5, 5.41) is 13.8. The smallest absolute Gasteiger partial charge is 0.279 e. The van der Waals surface area contributed by atoms with Gasteiger partial charge in [-0.15, -0.1) is 10.2 Å². The number of carbonyl (C=O) groups excluding carboxylic acids is 2. The zero-order chi connectivity index (χ0) is 24.7. The summed E-state index contributed by atoms with van der Waals surface area (Å²) in [7, 11) is 0. The Kier molecular flexibility index (Phi) is 5.76. The first-order chi connectivity index (χ1) is 16.9. The topological polar surface area (TPSA) is 103 Å². The minimum absolute atomic E-state index is 0.0123. The number of aromatic nitrogens is 5. The fourth-order valence-corrected chi connectivity index (χ4v) is 4.28. The molecule has 2 aromatic heterocycles. The van der Waals surface area contributed by atoms with Crippen molar-refractivity contribution in [3.05, 3.63) is 64.8 Å². The molecular formula is C26H26N6O3. The average Bonchev–Trinajstić information content (AvgIpc) is 3.58. The predicted octanol–water partition coefficient (Wildman–Crippen LogP) is 3.48. The second-order valence-electron chi connectivity index (χ2n) is 9.27. The number of aryl methyl sites for hydroxylation is 1. The van der Waals surface area contributed by atoms with Gasteiger partial charge in [0.05, 0.1) is 23.8 Å². The molecular weight excluding hydrogens is 444 g/mol. The SMILES string of the molecule is Cc1cc2cnn(-c3cccc(-c4nncn4C(C)C)c3)c(=O)c2cc1N(C=O)CC(=O)C1CC1. The number of benzene rings is 2. The number of rotatable bonds is 8. The van der Waals surface area contributed by atoms with Crippen molar-refractivity contribution in [2.24, 2.45) is 5.92 Å². The van der Waals surface area contributed by atoms with Crippen molar-refractivity contribution in [2.75, 3.05) is 11.4 Å². The zero-order valence-corrected chi connectivity index (χ0v) is 19.9. The van der Waals surface area contributed by atoms with Crippen LogP contribution < -0.4 is 10.5 Å². The highest BCUT2D eigenvalue weighted by Crippen LogP contribution is 2.31. The highest BCUT2D eigenvalue weighted by atomic mass is 16.1. The van der Waals surface area contributed by atoms with E-state index >= 15 is 0 Å². The molecule has 2 heterocycles. The number of hydrogen-bond acceptors (Lipinski definition) is 6.